The van der Waals surface area contributed by atoms with Crippen molar-refractivity contribution in [3.8, 4) is 34.0 Å². The van der Waals surface area contributed by atoms with E-state index >= 15 is 0 Å². The molecule has 0 amide bonds. The van der Waals surface area contributed by atoms with Crippen LogP contribution in [0.3, 0.4) is 0 Å². The van der Waals surface area contributed by atoms with Crippen molar-refractivity contribution >= 4 is 24.9 Å². The largest absolute Gasteiger partial charge is 0.497 e. The van der Waals surface area contributed by atoms with E-state index in [9.17, 15) is 0 Å². The summed E-state index contributed by atoms with van der Waals surface area (Å²) in [7, 11) is 3.29. The number of methoxy groups -OCH3 is 2. The lowest BCUT2D eigenvalue weighted by molar-refractivity contribution is 0.414. The molecule has 13 rings (SSSR count). The van der Waals surface area contributed by atoms with Gasteiger partial charge < -0.3 is 9.47 Å². The van der Waals surface area contributed by atoms with Gasteiger partial charge in [-0.2, -0.15) is 0 Å². The second kappa shape index (κ2) is 43.6. The molecule has 0 radical (unpaired) electrons. The minimum Gasteiger partial charge on any atom is -0.497 e. The Morgan fingerprint density at radius 2 is 0.730 bits per heavy atom. The average Bonchev–Trinajstić information content (AvgIpc) is 0.821. The van der Waals surface area contributed by atoms with Crippen LogP contribution in [0.4, 0.5) is 0 Å². The van der Waals surface area contributed by atoms with Crippen LogP contribution in [0.15, 0.2) is 324 Å². The van der Waals surface area contributed by atoms with Crippen LogP contribution in [-0.4, -0.2) is 69.0 Å². The van der Waals surface area contributed by atoms with Gasteiger partial charge in [0.1, 0.15) is 17.5 Å². The number of hydrogen-bond acceptors (Lipinski definition) is 12. The summed E-state index contributed by atoms with van der Waals surface area (Å²) in [4.78, 5) is 44.5. The minimum absolute atomic E-state index is 0.0285. The number of rotatable bonds is 18. The fraction of sp³-hybridized carbons (Fsp3) is 0.232. The maximum absolute atomic E-state index is 5.17. The highest BCUT2D eigenvalue weighted by Gasteiger charge is 2.19. The Bertz CT molecular complexity index is 4830. The molecule has 0 N–H and O–H groups in total. The number of nitrogens with zero attached hydrogens (tertiary/aromatic N) is 10. The van der Waals surface area contributed by atoms with Crippen molar-refractivity contribution in [1.82, 2.24) is 29.9 Å². The van der Waals surface area contributed by atoms with Crippen LogP contribution >= 0.6 is 0 Å². The van der Waals surface area contributed by atoms with Crippen LogP contribution in [0.5, 0.6) is 11.5 Å². The fourth-order valence-electron chi connectivity index (χ4n) is 11.8. The number of hydrogen-bond donors (Lipinski definition) is 0. The van der Waals surface area contributed by atoms with Gasteiger partial charge in [-0.05, 0) is 190 Å². The first kappa shape index (κ1) is 84.3. The van der Waals surface area contributed by atoms with Gasteiger partial charge in [-0.3, -0.25) is 49.9 Å². The van der Waals surface area contributed by atoms with E-state index in [4.69, 9.17) is 14.5 Å². The number of aryl methyl sites for hydroxylation is 5. The molecule has 566 valence electrons. The summed E-state index contributed by atoms with van der Waals surface area (Å²) < 4.78 is 10.3. The molecule has 12 nitrogen and oxygen atoms in total. The van der Waals surface area contributed by atoms with E-state index in [1.54, 1.807) is 39.0 Å². The van der Waals surface area contributed by atoms with Crippen molar-refractivity contribution in [3.63, 3.8) is 0 Å². The van der Waals surface area contributed by atoms with Crippen LogP contribution < -0.4 is 9.47 Å². The predicted molar refractivity (Wildman–Crippen MR) is 465 cm³/mol. The summed E-state index contributed by atoms with van der Waals surface area (Å²) >= 11 is 0. The number of ether oxygens (including phenoxy) is 2. The Labute approximate surface area is 660 Å². The molecule has 0 aliphatic carbocycles. The SMILES string of the molecule is CC(C)(C)c1cccc(-c2cc(C(C)(C)C)ccn2)c1.CCC(N=Cc1ccccn1)c1ccccc1.COc1cccc(-c2cc(OC)ccn2)c1.C[C@H](N=Cc1ccccn1)c1ccccc1.Cc1cc(C)cc(C(N=Cc2ccccn2)c2cc(C)cc(C)c2)c1.Cc1cccc(C=NC(C)c2ccccc2)n1. The Balaban J connectivity index is 0.000000169. The van der Waals surface area contributed by atoms with Crippen LogP contribution in [-0.2, 0) is 10.8 Å². The van der Waals surface area contributed by atoms with Gasteiger partial charge in [-0.15, -0.1) is 0 Å². The summed E-state index contributed by atoms with van der Waals surface area (Å²) in [6.07, 6.45) is 17.4. The smallest absolute Gasteiger partial charge is 0.122 e. The van der Waals surface area contributed by atoms with Crippen molar-refractivity contribution in [2.75, 3.05) is 14.2 Å². The quantitative estimate of drug-likeness (QED) is 0.0772. The van der Waals surface area contributed by atoms with E-state index in [1.165, 1.54) is 66.8 Å². The zero-order valence-corrected chi connectivity index (χ0v) is 67.5. The maximum Gasteiger partial charge on any atom is 0.122 e. The number of benzene rings is 7. The van der Waals surface area contributed by atoms with Gasteiger partial charge in [0.2, 0.25) is 0 Å². The van der Waals surface area contributed by atoms with E-state index in [0.717, 1.165) is 63.3 Å². The molecule has 12 heteroatoms. The number of aromatic nitrogens is 6. The summed E-state index contributed by atoms with van der Waals surface area (Å²) in [6, 6.07) is 92.7. The Morgan fingerprint density at radius 1 is 0.333 bits per heavy atom. The monoisotopic (exact) mass is 1470 g/mol. The Morgan fingerprint density at radius 3 is 1.19 bits per heavy atom. The molecular formula is C99H108N10O2. The van der Waals surface area contributed by atoms with Crippen molar-refractivity contribution in [2.24, 2.45) is 20.0 Å². The molecule has 6 aromatic heterocycles. The van der Waals surface area contributed by atoms with Gasteiger partial charge in [-0.25, -0.2) is 0 Å². The Kier molecular flexibility index (Phi) is 33.2. The lowest BCUT2D eigenvalue weighted by Crippen LogP contribution is -2.12. The molecule has 13 aromatic rings. The lowest BCUT2D eigenvalue weighted by Gasteiger charge is -2.21. The summed E-state index contributed by atoms with van der Waals surface area (Å²) in [5.41, 5.74) is 22.9. The maximum atomic E-state index is 5.17. The first-order valence-corrected chi connectivity index (χ1v) is 37.9. The molecule has 0 aliphatic rings. The number of aliphatic imine (C=N–C) groups is 4. The molecule has 0 saturated carbocycles. The Hall–Kier alpha value is -12.3. The van der Waals surface area contributed by atoms with Crippen LogP contribution in [0.25, 0.3) is 22.5 Å². The highest BCUT2D eigenvalue weighted by Crippen LogP contribution is 2.32. The molecular weight excluding hydrogens is 1360 g/mol. The van der Waals surface area contributed by atoms with Gasteiger partial charge in [0.25, 0.3) is 0 Å². The minimum atomic E-state index is -0.0285. The second-order valence-electron chi connectivity index (χ2n) is 29.2. The first-order valence-electron chi connectivity index (χ1n) is 37.9. The highest BCUT2D eigenvalue weighted by atomic mass is 16.5. The third-order valence-electron chi connectivity index (χ3n) is 17.8. The van der Waals surface area contributed by atoms with Crippen LogP contribution in [0.1, 0.15) is 183 Å². The molecule has 0 aliphatic heterocycles. The van der Waals surface area contributed by atoms with Gasteiger partial charge in [0.15, 0.2) is 0 Å². The molecule has 7 aromatic carbocycles. The molecule has 3 atom stereocenters. The second-order valence-corrected chi connectivity index (χ2v) is 29.2. The zero-order chi connectivity index (χ0) is 79.4. The summed E-state index contributed by atoms with van der Waals surface area (Å²) in [6.45, 7) is 30.3. The van der Waals surface area contributed by atoms with E-state index in [2.05, 4.69) is 244 Å². The molecule has 2 unspecified atom stereocenters. The topological polar surface area (TPSA) is 145 Å². The highest BCUT2D eigenvalue weighted by molar-refractivity contribution is 5.79. The molecule has 6 heterocycles. The van der Waals surface area contributed by atoms with Gasteiger partial charge in [-0.1, -0.05) is 253 Å². The summed E-state index contributed by atoms with van der Waals surface area (Å²) in [5.74, 6) is 1.62. The molecule has 0 saturated heterocycles. The summed E-state index contributed by atoms with van der Waals surface area (Å²) in [5, 5.41) is 0. The van der Waals surface area contributed by atoms with Gasteiger partial charge in [0, 0.05) is 78.7 Å². The molecule has 0 bridgehead atoms. The lowest BCUT2D eigenvalue weighted by atomic mass is 9.85. The van der Waals surface area contributed by atoms with Gasteiger partial charge in [0.05, 0.1) is 66.5 Å². The molecule has 0 fully saturated rings. The fourth-order valence-corrected chi connectivity index (χ4v) is 11.8. The van der Waals surface area contributed by atoms with E-state index < -0.39 is 0 Å². The van der Waals surface area contributed by atoms with Crippen LogP contribution in [0, 0.1) is 34.6 Å². The van der Waals surface area contributed by atoms with Crippen molar-refractivity contribution in [2.45, 2.75) is 138 Å². The van der Waals surface area contributed by atoms with E-state index in [1.807, 2.05) is 202 Å². The number of pyridine rings is 6. The van der Waals surface area contributed by atoms with Crippen LogP contribution in [0.2, 0.25) is 0 Å². The normalized spacial score (nSPS) is 12.0. The van der Waals surface area contributed by atoms with Crippen molar-refractivity contribution in [3.05, 3.63) is 394 Å². The predicted octanol–water partition coefficient (Wildman–Crippen LogP) is 24.1. The van der Waals surface area contributed by atoms with E-state index in [-0.39, 0.29) is 35.0 Å². The van der Waals surface area contributed by atoms with Crippen molar-refractivity contribution in [1.29, 1.82) is 0 Å². The third kappa shape index (κ3) is 29.0. The molecule has 111 heavy (non-hydrogen) atoms. The first-order chi connectivity index (χ1) is 53.5. The van der Waals surface area contributed by atoms with Crippen molar-refractivity contribution < 1.29 is 9.47 Å². The molecule has 0 spiro atoms. The van der Waals surface area contributed by atoms with Gasteiger partial charge >= 0.3 is 0 Å². The third-order valence-corrected chi connectivity index (χ3v) is 17.8. The van der Waals surface area contributed by atoms with E-state index in [0.29, 0.717) is 0 Å². The zero-order valence-electron chi connectivity index (χ0n) is 67.5. The average molecular weight is 1470 g/mol. The standard InChI is InChI=1S/C23H24N2.C19H25N.2C15H16N2.C14H14N2.C13H13NO2/c1-16-9-17(2)12-20(11-16)23(21-13-18(3)10-19(4)14-21)25-15-22-7-5-6-8-24-22;1-18(2,3)15-9-7-8-14(12-15)17-13-16(10-11-20-17)19(4,5)6;1-12-7-6-10-15(17-12)11-16-13(2)14-8-4-3-5-9-14;1-2-15(13-8-4-3-5-9-13)17-12-14-10-6-7-11-16-14;1-12(13-7-3-2-4-8-13)16-11-14-9-5-6-10-15-14;1-15-11-5-3-4-10(8-11)13-9-12(16-2)6-7-14-13/h5-15,23H,1-4H3;7-13H,1-6H3;3-11,13H,1-2H3;3-12,15H,2H2,1H3;2-12H,1H3;3-9H,1-2H3/t;;;;12-;/m....0./s1.